The molecule has 1 aliphatic heterocycles. The molecule has 1 atom stereocenters. The highest BCUT2D eigenvalue weighted by Crippen LogP contribution is 2.32. The van der Waals surface area contributed by atoms with E-state index in [4.69, 9.17) is 15.8 Å². The predicted octanol–water partition coefficient (Wildman–Crippen LogP) is 2.63. The van der Waals surface area contributed by atoms with Crippen molar-refractivity contribution in [3.8, 4) is 17.2 Å². The molecule has 2 aromatic rings. The van der Waals surface area contributed by atoms with E-state index < -0.39 is 5.54 Å². The standard InChI is InChI=1S/C18H18N4O/c1-18(12-23-22(2)17(20)21-18)16-8-4-7-15(10-16)14-6-3-5-13(9-14)11-19/h3-10H,12H2,1-2H3,(H2,20,21). The van der Waals surface area contributed by atoms with Gasteiger partial charge in [0.05, 0.1) is 11.6 Å². The quantitative estimate of drug-likeness (QED) is 0.925. The first-order valence-corrected chi connectivity index (χ1v) is 7.35. The van der Waals surface area contributed by atoms with Crippen LogP contribution in [0.2, 0.25) is 0 Å². The number of nitrogens with zero attached hydrogens (tertiary/aromatic N) is 3. The van der Waals surface area contributed by atoms with Gasteiger partial charge in [0.2, 0.25) is 5.96 Å². The molecule has 23 heavy (non-hydrogen) atoms. The Bertz CT molecular complexity index is 809. The summed E-state index contributed by atoms with van der Waals surface area (Å²) in [6, 6.07) is 17.8. The lowest BCUT2D eigenvalue weighted by molar-refractivity contribution is -0.113. The third-order valence-corrected chi connectivity index (χ3v) is 4.03. The summed E-state index contributed by atoms with van der Waals surface area (Å²) in [5.74, 6) is 0.357. The second-order valence-corrected chi connectivity index (χ2v) is 5.79. The summed E-state index contributed by atoms with van der Waals surface area (Å²) >= 11 is 0. The van der Waals surface area contributed by atoms with Crippen LogP contribution in [0.4, 0.5) is 0 Å². The average molecular weight is 306 g/mol. The molecule has 0 bridgehead atoms. The maximum atomic E-state index is 9.06. The van der Waals surface area contributed by atoms with Crippen LogP contribution in [-0.4, -0.2) is 24.7 Å². The lowest BCUT2D eigenvalue weighted by Crippen LogP contribution is -2.45. The number of rotatable bonds is 2. The van der Waals surface area contributed by atoms with Crippen LogP contribution in [0.1, 0.15) is 18.1 Å². The topological polar surface area (TPSA) is 74.6 Å². The molecule has 1 unspecified atom stereocenters. The van der Waals surface area contributed by atoms with E-state index in [9.17, 15) is 0 Å². The van der Waals surface area contributed by atoms with Crippen LogP contribution in [-0.2, 0) is 10.4 Å². The fourth-order valence-corrected chi connectivity index (χ4v) is 2.59. The Kier molecular flexibility index (Phi) is 3.77. The molecule has 1 heterocycles. The Morgan fingerprint density at radius 3 is 2.61 bits per heavy atom. The van der Waals surface area contributed by atoms with Crippen molar-refractivity contribution in [3.05, 3.63) is 59.7 Å². The molecule has 0 aromatic heterocycles. The molecule has 3 rings (SSSR count). The van der Waals surface area contributed by atoms with Crippen molar-refractivity contribution < 1.29 is 4.84 Å². The highest BCUT2D eigenvalue weighted by molar-refractivity contribution is 5.78. The van der Waals surface area contributed by atoms with Crippen molar-refractivity contribution in [3.63, 3.8) is 0 Å². The predicted molar refractivity (Wildman–Crippen MR) is 89.3 cm³/mol. The van der Waals surface area contributed by atoms with Crippen LogP contribution in [0.15, 0.2) is 53.5 Å². The van der Waals surface area contributed by atoms with E-state index in [0.29, 0.717) is 18.1 Å². The van der Waals surface area contributed by atoms with E-state index in [1.807, 2.05) is 43.3 Å². The molecule has 0 aliphatic carbocycles. The Morgan fingerprint density at radius 2 is 1.91 bits per heavy atom. The number of nitrogens with two attached hydrogens (primary N) is 1. The van der Waals surface area contributed by atoms with Gasteiger partial charge in [-0.2, -0.15) is 5.26 Å². The second-order valence-electron chi connectivity index (χ2n) is 5.79. The van der Waals surface area contributed by atoms with Crippen LogP contribution >= 0.6 is 0 Å². The molecule has 2 aromatic carbocycles. The third kappa shape index (κ3) is 2.89. The van der Waals surface area contributed by atoms with Gasteiger partial charge in [0.15, 0.2) is 0 Å². The van der Waals surface area contributed by atoms with Gasteiger partial charge in [0, 0.05) is 7.05 Å². The van der Waals surface area contributed by atoms with Crippen molar-refractivity contribution >= 4 is 5.96 Å². The Morgan fingerprint density at radius 1 is 1.22 bits per heavy atom. The lowest BCUT2D eigenvalue weighted by Gasteiger charge is -2.34. The molecule has 116 valence electrons. The number of hydroxylamine groups is 2. The molecule has 1 aliphatic rings. The Balaban J connectivity index is 2.02. The lowest BCUT2D eigenvalue weighted by atomic mass is 9.90. The van der Waals surface area contributed by atoms with Crippen LogP contribution in [0.5, 0.6) is 0 Å². The SMILES string of the molecule is CN1OCC(C)(c2cccc(-c3cccc(C#N)c3)c2)N=C1N. The minimum atomic E-state index is -0.528. The van der Waals surface area contributed by atoms with Gasteiger partial charge < -0.3 is 5.73 Å². The van der Waals surface area contributed by atoms with Crippen LogP contribution in [0, 0.1) is 11.3 Å². The summed E-state index contributed by atoms with van der Waals surface area (Å²) in [5, 5.41) is 10.5. The molecule has 0 saturated heterocycles. The normalized spacial score (nSPS) is 20.7. The molecule has 0 saturated carbocycles. The first kappa shape index (κ1) is 15.1. The minimum absolute atomic E-state index is 0.357. The zero-order valence-electron chi connectivity index (χ0n) is 13.2. The summed E-state index contributed by atoms with van der Waals surface area (Å²) in [5.41, 5.74) is 9.07. The summed E-state index contributed by atoms with van der Waals surface area (Å²) in [4.78, 5) is 10.2. The molecule has 0 amide bonds. The maximum Gasteiger partial charge on any atom is 0.216 e. The maximum absolute atomic E-state index is 9.06. The molecule has 5 nitrogen and oxygen atoms in total. The summed E-state index contributed by atoms with van der Waals surface area (Å²) < 4.78 is 0. The molecular formula is C18H18N4O. The average Bonchev–Trinajstić information content (AvgIpc) is 2.59. The molecule has 0 spiro atoms. The van der Waals surface area contributed by atoms with E-state index in [1.54, 1.807) is 13.1 Å². The molecule has 0 fully saturated rings. The van der Waals surface area contributed by atoms with E-state index in [-0.39, 0.29) is 0 Å². The number of aliphatic imine (C=N–C) groups is 1. The van der Waals surface area contributed by atoms with Crippen molar-refractivity contribution in [2.45, 2.75) is 12.5 Å². The Labute approximate surface area is 135 Å². The van der Waals surface area contributed by atoms with Gasteiger partial charge in [0.25, 0.3) is 0 Å². The summed E-state index contributed by atoms with van der Waals surface area (Å²) in [6.45, 7) is 2.42. The van der Waals surface area contributed by atoms with Crippen molar-refractivity contribution in [2.24, 2.45) is 10.7 Å². The van der Waals surface area contributed by atoms with Gasteiger partial charge in [-0.1, -0.05) is 30.3 Å². The van der Waals surface area contributed by atoms with Gasteiger partial charge in [0.1, 0.15) is 12.1 Å². The zero-order valence-corrected chi connectivity index (χ0v) is 13.2. The summed E-state index contributed by atoms with van der Waals surface area (Å²) in [7, 11) is 1.74. The second kappa shape index (κ2) is 5.75. The van der Waals surface area contributed by atoms with E-state index in [0.717, 1.165) is 16.7 Å². The van der Waals surface area contributed by atoms with Gasteiger partial charge >= 0.3 is 0 Å². The molecule has 0 radical (unpaired) electrons. The van der Waals surface area contributed by atoms with Crippen molar-refractivity contribution in [2.75, 3.05) is 13.7 Å². The van der Waals surface area contributed by atoms with Crippen molar-refractivity contribution in [1.29, 1.82) is 5.26 Å². The van der Waals surface area contributed by atoms with Gasteiger partial charge in [-0.25, -0.2) is 10.1 Å². The van der Waals surface area contributed by atoms with E-state index in [2.05, 4.69) is 17.1 Å². The molecule has 5 heteroatoms. The first-order chi connectivity index (χ1) is 11.0. The van der Waals surface area contributed by atoms with E-state index >= 15 is 0 Å². The van der Waals surface area contributed by atoms with Crippen LogP contribution in [0.25, 0.3) is 11.1 Å². The largest absolute Gasteiger partial charge is 0.368 e. The number of hydrogen-bond acceptors (Lipinski definition) is 5. The fourth-order valence-electron chi connectivity index (χ4n) is 2.59. The number of benzene rings is 2. The van der Waals surface area contributed by atoms with Crippen LogP contribution < -0.4 is 5.73 Å². The fraction of sp³-hybridized carbons (Fsp3) is 0.222. The van der Waals surface area contributed by atoms with Gasteiger partial charge in [-0.05, 0) is 41.8 Å². The number of guanidine groups is 1. The minimum Gasteiger partial charge on any atom is -0.368 e. The highest BCUT2D eigenvalue weighted by atomic mass is 16.7. The molecule has 2 N–H and O–H groups in total. The monoisotopic (exact) mass is 306 g/mol. The zero-order chi connectivity index (χ0) is 16.4. The van der Waals surface area contributed by atoms with Crippen LogP contribution in [0.3, 0.4) is 0 Å². The number of hydrogen-bond donors (Lipinski definition) is 1. The van der Waals surface area contributed by atoms with Crippen molar-refractivity contribution in [1.82, 2.24) is 5.06 Å². The van der Waals surface area contributed by atoms with Gasteiger partial charge in [-0.15, -0.1) is 0 Å². The van der Waals surface area contributed by atoms with E-state index in [1.165, 1.54) is 5.06 Å². The third-order valence-electron chi connectivity index (χ3n) is 4.03. The summed E-state index contributed by atoms with van der Waals surface area (Å²) in [6.07, 6.45) is 0. The van der Waals surface area contributed by atoms with Gasteiger partial charge in [-0.3, -0.25) is 4.84 Å². The Hall–Kier alpha value is -2.84. The number of nitriles is 1. The smallest absolute Gasteiger partial charge is 0.216 e. The highest BCUT2D eigenvalue weighted by Gasteiger charge is 2.32. The first-order valence-electron chi connectivity index (χ1n) is 7.35. The molecular weight excluding hydrogens is 288 g/mol.